The van der Waals surface area contributed by atoms with Crippen molar-refractivity contribution >= 4 is 31.0 Å². The van der Waals surface area contributed by atoms with Gasteiger partial charge in [-0.15, -0.1) is 0 Å². The molecule has 0 unspecified atom stereocenters. The molecule has 0 aromatic heterocycles. The van der Waals surface area contributed by atoms with Crippen LogP contribution in [0.3, 0.4) is 0 Å². The first-order valence-electron chi connectivity index (χ1n) is 4.54. The van der Waals surface area contributed by atoms with Crippen LogP contribution in [-0.2, 0) is 9.84 Å². The third kappa shape index (κ3) is 2.67. The summed E-state index contributed by atoms with van der Waals surface area (Å²) in [5.74, 6) is 0.924. The van der Waals surface area contributed by atoms with Crippen molar-refractivity contribution in [2.24, 2.45) is 4.99 Å². The fourth-order valence-electron chi connectivity index (χ4n) is 1.20. The summed E-state index contributed by atoms with van der Waals surface area (Å²) in [6.45, 7) is 0. The van der Waals surface area contributed by atoms with Crippen LogP contribution in [0.1, 0.15) is 0 Å². The Morgan fingerprint density at radius 2 is 2.00 bits per heavy atom. The standard InChI is InChI=1S/C10H8BrNO4S/c1-15-7-3-2-4-8(5-7)16-10-12-9(11)6-17(10,13)14/h2-6H,1H3. The van der Waals surface area contributed by atoms with Gasteiger partial charge < -0.3 is 9.47 Å². The Hall–Kier alpha value is -1.34. The minimum atomic E-state index is -3.58. The van der Waals surface area contributed by atoms with E-state index in [9.17, 15) is 8.42 Å². The molecule has 0 radical (unpaired) electrons. The van der Waals surface area contributed by atoms with Gasteiger partial charge in [0.1, 0.15) is 16.1 Å². The Morgan fingerprint density at radius 1 is 1.29 bits per heavy atom. The van der Waals surface area contributed by atoms with Gasteiger partial charge in [0.15, 0.2) is 0 Å². The van der Waals surface area contributed by atoms with Crippen molar-refractivity contribution in [3.8, 4) is 11.5 Å². The van der Waals surface area contributed by atoms with Crippen LogP contribution in [0.4, 0.5) is 0 Å². The van der Waals surface area contributed by atoms with Gasteiger partial charge in [-0.25, -0.2) is 8.42 Å². The normalized spacial score (nSPS) is 17.3. The van der Waals surface area contributed by atoms with Gasteiger partial charge in [0.05, 0.1) is 12.5 Å². The number of rotatable bonds is 2. The Bertz CT molecular complexity index is 606. The van der Waals surface area contributed by atoms with Crippen LogP contribution in [0.2, 0.25) is 0 Å². The molecule has 1 aromatic rings. The minimum absolute atomic E-state index is 0.218. The smallest absolute Gasteiger partial charge is 0.320 e. The van der Waals surface area contributed by atoms with E-state index in [4.69, 9.17) is 9.47 Å². The van der Waals surface area contributed by atoms with Crippen molar-refractivity contribution in [3.63, 3.8) is 0 Å². The molecule has 17 heavy (non-hydrogen) atoms. The van der Waals surface area contributed by atoms with Crippen LogP contribution in [0.15, 0.2) is 39.3 Å². The Balaban J connectivity index is 2.26. The molecule has 1 aromatic carbocycles. The average Bonchev–Trinajstić information content (AvgIpc) is 2.52. The first-order valence-corrected chi connectivity index (χ1v) is 6.88. The lowest BCUT2D eigenvalue weighted by atomic mass is 10.3. The van der Waals surface area contributed by atoms with Crippen LogP contribution in [0.5, 0.6) is 11.5 Å². The number of hydrogen-bond donors (Lipinski definition) is 0. The van der Waals surface area contributed by atoms with Crippen molar-refractivity contribution in [1.82, 2.24) is 0 Å². The van der Waals surface area contributed by atoms with E-state index in [1.807, 2.05) is 0 Å². The lowest BCUT2D eigenvalue weighted by Crippen LogP contribution is -2.16. The molecule has 0 bridgehead atoms. The van der Waals surface area contributed by atoms with E-state index in [0.717, 1.165) is 5.41 Å². The summed E-state index contributed by atoms with van der Waals surface area (Å²) in [7, 11) is -2.06. The van der Waals surface area contributed by atoms with E-state index in [1.165, 1.54) is 7.11 Å². The van der Waals surface area contributed by atoms with Gasteiger partial charge >= 0.3 is 5.23 Å². The lowest BCUT2D eigenvalue weighted by Gasteiger charge is -2.05. The molecule has 1 heterocycles. The predicted octanol–water partition coefficient (Wildman–Crippen LogP) is 2.05. The molecule has 0 spiro atoms. The summed E-state index contributed by atoms with van der Waals surface area (Å²) >= 11 is 2.99. The number of sulfone groups is 1. The van der Waals surface area contributed by atoms with Crippen LogP contribution in [0.25, 0.3) is 0 Å². The zero-order chi connectivity index (χ0) is 12.5. The van der Waals surface area contributed by atoms with Gasteiger partial charge in [-0.1, -0.05) is 6.07 Å². The van der Waals surface area contributed by atoms with Gasteiger partial charge in [0, 0.05) is 6.07 Å². The molecule has 7 heteroatoms. The van der Waals surface area contributed by atoms with Crippen molar-refractivity contribution in [3.05, 3.63) is 34.3 Å². The molecule has 0 N–H and O–H groups in total. The molecule has 1 aliphatic rings. The maximum atomic E-state index is 11.5. The number of methoxy groups -OCH3 is 1. The molecule has 90 valence electrons. The topological polar surface area (TPSA) is 65.0 Å². The van der Waals surface area contributed by atoms with E-state index >= 15 is 0 Å². The summed E-state index contributed by atoms with van der Waals surface area (Å²) in [5, 5.41) is 0.639. The summed E-state index contributed by atoms with van der Waals surface area (Å²) in [6.07, 6.45) is 0. The molecule has 0 fully saturated rings. The second-order valence-electron chi connectivity index (χ2n) is 3.14. The molecular weight excluding hydrogens is 310 g/mol. The SMILES string of the molecule is COc1cccc(OC2=NC(Br)=CS2(=O)=O)c1. The lowest BCUT2D eigenvalue weighted by molar-refractivity contribution is 0.412. The van der Waals surface area contributed by atoms with Gasteiger partial charge in [0.2, 0.25) is 0 Å². The largest absolute Gasteiger partial charge is 0.497 e. The fourth-order valence-corrected chi connectivity index (χ4v) is 3.07. The van der Waals surface area contributed by atoms with Crippen LogP contribution >= 0.6 is 15.9 Å². The summed E-state index contributed by atoms with van der Waals surface area (Å²) in [4.78, 5) is 3.74. The van der Waals surface area contributed by atoms with Crippen LogP contribution in [0, 0.1) is 0 Å². The summed E-state index contributed by atoms with van der Waals surface area (Å²) in [6, 6.07) is 6.61. The highest BCUT2D eigenvalue weighted by Gasteiger charge is 2.26. The predicted molar refractivity (Wildman–Crippen MR) is 67.0 cm³/mol. The van der Waals surface area contributed by atoms with Crippen molar-refractivity contribution in [2.75, 3.05) is 7.11 Å². The maximum absolute atomic E-state index is 11.5. The van der Waals surface area contributed by atoms with E-state index in [0.29, 0.717) is 11.5 Å². The molecule has 1 aliphatic heterocycles. The minimum Gasteiger partial charge on any atom is -0.497 e. The molecule has 0 amide bonds. The van der Waals surface area contributed by atoms with E-state index in [2.05, 4.69) is 20.9 Å². The Morgan fingerprint density at radius 3 is 2.59 bits per heavy atom. The summed E-state index contributed by atoms with van der Waals surface area (Å²) in [5.41, 5.74) is 0. The van der Waals surface area contributed by atoms with Crippen molar-refractivity contribution in [1.29, 1.82) is 0 Å². The van der Waals surface area contributed by atoms with Gasteiger partial charge in [-0.05, 0) is 28.1 Å². The second kappa shape index (κ2) is 4.50. The van der Waals surface area contributed by atoms with Crippen LogP contribution in [-0.4, -0.2) is 20.8 Å². The van der Waals surface area contributed by atoms with E-state index in [1.54, 1.807) is 24.3 Å². The third-order valence-electron chi connectivity index (χ3n) is 1.94. The molecule has 2 rings (SSSR count). The number of aliphatic imine (C=N–C) groups is 1. The van der Waals surface area contributed by atoms with Crippen molar-refractivity contribution in [2.45, 2.75) is 0 Å². The fraction of sp³-hybridized carbons (Fsp3) is 0.100. The third-order valence-corrected chi connectivity index (χ3v) is 3.84. The first kappa shape index (κ1) is 12.1. The molecule has 0 saturated carbocycles. The highest BCUT2D eigenvalue weighted by molar-refractivity contribution is 9.11. The molecule has 0 saturated heterocycles. The van der Waals surface area contributed by atoms with E-state index < -0.39 is 9.84 Å². The number of nitrogens with zero attached hydrogens (tertiary/aromatic N) is 1. The molecular formula is C10H8BrNO4S. The zero-order valence-corrected chi connectivity index (χ0v) is 11.2. The van der Waals surface area contributed by atoms with Gasteiger partial charge in [0.25, 0.3) is 9.84 Å². The Kier molecular flexibility index (Phi) is 3.21. The number of ether oxygens (including phenoxy) is 2. The van der Waals surface area contributed by atoms with Crippen LogP contribution < -0.4 is 9.47 Å². The molecule has 0 aliphatic carbocycles. The quantitative estimate of drug-likeness (QED) is 0.783. The van der Waals surface area contributed by atoms with Gasteiger partial charge in [-0.3, -0.25) is 0 Å². The second-order valence-corrected chi connectivity index (χ2v) is 5.63. The summed E-state index contributed by atoms with van der Waals surface area (Å²) < 4.78 is 33.5. The number of halogens is 1. The van der Waals surface area contributed by atoms with E-state index in [-0.39, 0.29) is 9.84 Å². The average molecular weight is 318 g/mol. The highest BCUT2D eigenvalue weighted by atomic mass is 79.9. The maximum Gasteiger partial charge on any atom is 0.320 e. The number of hydrogen-bond acceptors (Lipinski definition) is 5. The highest BCUT2D eigenvalue weighted by Crippen LogP contribution is 2.24. The molecule has 5 nitrogen and oxygen atoms in total. The monoisotopic (exact) mass is 317 g/mol. The van der Waals surface area contributed by atoms with Gasteiger partial charge in [-0.2, -0.15) is 4.99 Å². The Labute approximate surface area is 107 Å². The zero-order valence-electron chi connectivity index (χ0n) is 8.75. The van der Waals surface area contributed by atoms with Crippen molar-refractivity contribution < 1.29 is 17.9 Å². The molecule has 0 atom stereocenters. The number of benzene rings is 1. The first-order chi connectivity index (χ1) is 8.01.